The molecule has 1 aliphatic heterocycles. The first-order chi connectivity index (χ1) is 7.55. The Morgan fingerprint density at radius 1 is 1.38 bits per heavy atom. The maximum Gasteiger partial charge on any atom is 0.145 e. The molecule has 0 aromatic carbocycles. The molecule has 1 unspecified atom stereocenters. The lowest BCUT2D eigenvalue weighted by Gasteiger charge is -2.19. The van der Waals surface area contributed by atoms with Crippen LogP contribution >= 0.6 is 0 Å². The third-order valence-corrected chi connectivity index (χ3v) is 2.82. The number of anilines is 1. The van der Waals surface area contributed by atoms with Gasteiger partial charge in [-0.3, -0.25) is 4.98 Å². The zero-order valence-electron chi connectivity index (χ0n) is 10.2. The Hall–Kier alpha value is -1.16. The topological polar surface area (TPSA) is 49.8 Å². The summed E-state index contributed by atoms with van der Waals surface area (Å²) in [4.78, 5) is 8.85. The molecule has 1 saturated heterocycles. The summed E-state index contributed by atoms with van der Waals surface area (Å²) in [5.74, 6) is 0.890. The standard InChI is InChI=1S/C12H20N4/c1-12(2,3)10-7-14-8-11(16-10)15-9-4-5-13-6-9/h7-9,13H,4-6H2,1-3H3,(H,15,16). The molecule has 88 valence electrons. The number of hydrogen-bond donors (Lipinski definition) is 2. The Morgan fingerprint density at radius 2 is 2.19 bits per heavy atom. The van der Waals surface area contributed by atoms with Crippen molar-refractivity contribution in [2.45, 2.75) is 38.6 Å². The highest BCUT2D eigenvalue weighted by molar-refractivity contribution is 5.34. The van der Waals surface area contributed by atoms with E-state index in [0.717, 1.165) is 31.0 Å². The molecule has 1 aliphatic rings. The first kappa shape index (κ1) is 11.3. The van der Waals surface area contributed by atoms with Crippen molar-refractivity contribution in [3.05, 3.63) is 18.1 Å². The quantitative estimate of drug-likeness (QED) is 0.794. The minimum absolute atomic E-state index is 0.0542. The van der Waals surface area contributed by atoms with Crippen LogP contribution in [0.1, 0.15) is 32.9 Å². The highest BCUT2D eigenvalue weighted by Gasteiger charge is 2.18. The van der Waals surface area contributed by atoms with E-state index >= 15 is 0 Å². The van der Waals surface area contributed by atoms with Crippen LogP contribution in [0.15, 0.2) is 12.4 Å². The smallest absolute Gasteiger partial charge is 0.145 e. The predicted molar refractivity (Wildman–Crippen MR) is 65.6 cm³/mol. The van der Waals surface area contributed by atoms with Crippen molar-refractivity contribution in [2.75, 3.05) is 18.4 Å². The van der Waals surface area contributed by atoms with Crippen LogP contribution in [0.25, 0.3) is 0 Å². The summed E-state index contributed by atoms with van der Waals surface area (Å²) in [6.07, 6.45) is 4.80. The summed E-state index contributed by atoms with van der Waals surface area (Å²) in [5.41, 5.74) is 1.09. The zero-order valence-corrected chi connectivity index (χ0v) is 10.2. The minimum atomic E-state index is 0.0542. The largest absolute Gasteiger partial charge is 0.365 e. The maximum atomic E-state index is 4.61. The van der Waals surface area contributed by atoms with Crippen molar-refractivity contribution in [3.63, 3.8) is 0 Å². The first-order valence-corrected chi connectivity index (χ1v) is 5.85. The van der Waals surface area contributed by atoms with E-state index in [1.165, 1.54) is 0 Å². The predicted octanol–water partition coefficient (Wildman–Crippen LogP) is 1.55. The molecule has 1 aromatic heterocycles. The molecule has 16 heavy (non-hydrogen) atoms. The maximum absolute atomic E-state index is 4.61. The lowest BCUT2D eigenvalue weighted by Crippen LogP contribution is -2.24. The SMILES string of the molecule is CC(C)(C)c1cncc(NC2CCNC2)n1. The Balaban J connectivity index is 2.09. The fourth-order valence-electron chi connectivity index (χ4n) is 1.78. The van der Waals surface area contributed by atoms with Crippen molar-refractivity contribution in [1.29, 1.82) is 0 Å². The van der Waals surface area contributed by atoms with Gasteiger partial charge in [-0.15, -0.1) is 0 Å². The van der Waals surface area contributed by atoms with E-state index in [9.17, 15) is 0 Å². The second-order valence-corrected chi connectivity index (χ2v) is 5.37. The third kappa shape index (κ3) is 2.70. The van der Waals surface area contributed by atoms with Gasteiger partial charge in [0.15, 0.2) is 0 Å². The molecule has 0 radical (unpaired) electrons. The Kier molecular flexibility index (Phi) is 3.10. The van der Waals surface area contributed by atoms with Gasteiger partial charge in [0, 0.05) is 24.2 Å². The monoisotopic (exact) mass is 220 g/mol. The van der Waals surface area contributed by atoms with Gasteiger partial charge >= 0.3 is 0 Å². The molecule has 4 heteroatoms. The van der Waals surface area contributed by atoms with Gasteiger partial charge in [0.25, 0.3) is 0 Å². The van der Waals surface area contributed by atoms with E-state index in [2.05, 4.69) is 41.4 Å². The van der Waals surface area contributed by atoms with Crippen molar-refractivity contribution < 1.29 is 0 Å². The second kappa shape index (κ2) is 4.37. The van der Waals surface area contributed by atoms with Gasteiger partial charge < -0.3 is 10.6 Å². The summed E-state index contributed by atoms with van der Waals surface area (Å²) in [6.45, 7) is 8.55. The van der Waals surface area contributed by atoms with E-state index in [1.54, 1.807) is 6.20 Å². The summed E-state index contributed by atoms with van der Waals surface area (Å²) in [6, 6.07) is 0.490. The van der Waals surface area contributed by atoms with Crippen molar-refractivity contribution in [3.8, 4) is 0 Å². The molecule has 0 bridgehead atoms. The van der Waals surface area contributed by atoms with Crippen molar-refractivity contribution >= 4 is 5.82 Å². The van der Waals surface area contributed by atoms with Crippen LogP contribution in [-0.4, -0.2) is 29.1 Å². The molecular formula is C12H20N4. The van der Waals surface area contributed by atoms with Crippen LogP contribution in [0.5, 0.6) is 0 Å². The number of nitrogens with one attached hydrogen (secondary N) is 2. The Labute approximate surface area is 96.9 Å². The van der Waals surface area contributed by atoms with E-state index < -0.39 is 0 Å². The molecule has 1 aromatic rings. The molecule has 0 spiro atoms. The van der Waals surface area contributed by atoms with Crippen LogP contribution in [-0.2, 0) is 5.41 Å². The van der Waals surface area contributed by atoms with Gasteiger partial charge in [0.05, 0.1) is 11.9 Å². The third-order valence-electron chi connectivity index (χ3n) is 2.82. The molecule has 1 fully saturated rings. The lowest BCUT2D eigenvalue weighted by molar-refractivity contribution is 0.565. The number of aromatic nitrogens is 2. The molecule has 1 atom stereocenters. The molecular weight excluding hydrogens is 200 g/mol. The zero-order chi connectivity index (χ0) is 11.6. The summed E-state index contributed by atoms with van der Waals surface area (Å²) >= 11 is 0. The average molecular weight is 220 g/mol. The normalized spacial score (nSPS) is 21.1. The van der Waals surface area contributed by atoms with Crippen LogP contribution in [0.4, 0.5) is 5.82 Å². The van der Waals surface area contributed by atoms with Gasteiger partial charge in [-0.25, -0.2) is 4.98 Å². The molecule has 2 rings (SSSR count). The van der Waals surface area contributed by atoms with Crippen molar-refractivity contribution in [2.24, 2.45) is 0 Å². The summed E-state index contributed by atoms with van der Waals surface area (Å²) in [5, 5.41) is 6.74. The van der Waals surface area contributed by atoms with Gasteiger partial charge in [0.1, 0.15) is 5.82 Å². The molecule has 2 N–H and O–H groups in total. The fraction of sp³-hybridized carbons (Fsp3) is 0.667. The van der Waals surface area contributed by atoms with Crippen molar-refractivity contribution in [1.82, 2.24) is 15.3 Å². The van der Waals surface area contributed by atoms with Crippen LogP contribution in [0.3, 0.4) is 0 Å². The van der Waals surface area contributed by atoms with Gasteiger partial charge in [-0.1, -0.05) is 20.8 Å². The lowest BCUT2D eigenvalue weighted by atomic mass is 9.93. The number of hydrogen-bond acceptors (Lipinski definition) is 4. The highest BCUT2D eigenvalue weighted by Crippen LogP contribution is 2.20. The molecule has 0 amide bonds. The Bertz CT molecular complexity index is 350. The molecule has 0 aliphatic carbocycles. The summed E-state index contributed by atoms with van der Waals surface area (Å²) in [7, 11) is 0. The van der Waals surface area contributed by atoms with Gasteiger partial charge in [-0.2, -0.15) is 0 Å². The fourth-order valence-corrected chi connectivity index (χ4v) is 1.78. The Morgan fingerprint density at radius 3 is 2.81 bits per heavy atom. The first-order valence-electron chi connectivity index (χ1n) is 5.85. The van der Waals surface area contributed by atoms with Crippen LogP contribution < -0.4 is 10.6 Å². The highest BCUT2D eigenvalue weighted by atomic mass is 15.1. The van der Waals surface area contributed by atoms with E-state index in [0.29, 0.717) is 6.04 Å². The molecule has 0 saturated carbocycles. The van der Waals surface area contributed by atoms with Crippen LogP contribution in [0, 0.1) is 0 Å². The van der Waals surface area contributed by atoms with Crippen LogP contribution in [0.2, 0.25) is 0 Å². The van der Waals surface area contributed by atoms with E-state index in [1.807, 2.05) is 6.20 Å². The average Bonchev–Trinajstić information content (AvgIpc) is 2.70. The van der Waals surface area contributed by atoms with Gasteiger partial charge in [0.2, 0.25) is 0 Å². The summed E-state index contributed by atoms with van der Waals surface area (Å²) < 4.78 is 0. The van der Waals surface area contributed by atoms with Gasteiger partial charge in [-0.05, 0) is 13.0 Å². The van der Waals surface area contributed by atoms with E-state index in [4.69, 9.17) is 0 Å². The second-order valence-electron chi connectivity index (χ2n) is 5.37. The van der Waals surface area contributed by atoms with E-state index in [-0.39, 0.29) is 5.41 Å². The molecule has 4 nitrogen and oxygen atoms in total. The minimum Gasteiger partial charge on any atom is -0.365 e. The molecule has 2 heterocycles. The number of rotatable bonds is 2. The number of nitrogens with zero attached hydrogens (tertiary/aromatic N) is 2.